The minimum Gasteiger partial charge on any atom is -0.466 e. The van der Waals surface area contributed by atoms with Gasteiger partial charge in [-0.15, -0.1) is 0 Å². The van der Waals surface area contributed by atoms with Gasteiger partial charge in [-0.2, -0.15) is 0 Å². The number of esters is 2. The first-order valence-electron chi connectivity index (χ1n) is 11.0. The molecular weight excluding hydrogens is 352 g/mol. The molecule has 28 heavy (non-hydrogen) atoms. The van der Waals surface area contributed by atoms with Crippen molar-refractivity contribution >= 4 is 11.9 Å². The molecule has 4 heteroatoms. The highest BCUT2D eigenvalue weighted by atomic mass is 16.5. The Hall–Kier alpha value is -1.84. The third-order valence-electron chi connectivity index (χ3n) is 4.98. The van der Waals surface area contributed by atoms with Crippen LogP contribution in [0.2, 0.25) is 0 Å². The lowest BCUT2D eigenvalue weighted by atomic mass is 10.1. The smallest absolute Gasteiger partial charge is 0.311 e. The summed E-state index contributed by atoms with van der Waals surface area (Å²) in [5.74, 6) is 0.404. The summed E-state index contributed by atoms with van der Waals surface area (Å²) in [6.07, 6.45) is 11.5. The zero-order chi connectivity index (χ0) is 20.6. The predicted octanol–water partition coefficient (Wildman–Crippen LogP) is 6.45. The van der Waals surface area contributed by atoms with Crippen molar-refractivity contribution < 1.29 is 19.1 Å². The predicted molar refractivity (Wildman–Crippen MR) is 114 cm³/mol. The van der Waals surface area contributed by atoms with E-state index >= 15 is 0 Å². The topological polar surface area (TPSA) is 52.6 Å². The van der Waals surface area contributed by atoms with Gasteiger partial charge in [-0.05, 0) is 56.4 Å². The van der Waals surface area contributed by atoms with Gasteiger partial charge in [0.15, 0.2) is 0 Å². The summed E-state index contributed by atoms with van der Waals surface area (Å²) >= 11 is 0. The maximum atomic E-state index is 11.9. The molecule has 0 aliphatic carbocycles. The lowest BCUT2D eigenvalue weighted by molar-refractivity contribution is -0.144. The third kappa shape index (κ3) is 11.8. The van der Waals surface area contributed by atoms with Crippen LogP contribution in [0.3, 0.4) is 0 Å². The van der Waals surface area contributed by atoms with Crippen molar-refractivity contribution in [1.29, 1.82) is 0 Å². The van der Waals surface area contributed by atoms with Gasteiger partial charge in [-0.1, -0.05) is 57.9 Å². The molecule has 0 heterocycles. The van der Waals surface area contributed by atoms with Crippen LogP contribution < -0.4 is 4.74 Å². The Kier molecular flexibility index (Phi) is 13.1. The quantitative estimate of drug-likeness (QED) is 0.196. The SMILES string of the molecule is CCCCCCOC(=O)CCCCCCCCC(=O)Oc1ccc(C)c(C)c1. The van der Waals surface area contributed by atoms with E-state index in [1.54, 1.807) is 0 Å². The molecular formula is C24H38O4. The molecule has 1 aromatic rings. The van der Waals surface area contributed by atoms with Gasteiger partial charge in [-0.25, -0.2) is 0 Å². The van der Waals surface area contributed by atoms with E-state index in [1.807, 2.05) is 32.0 Å². The number of carbonyl (C=O) groups excluding carboxylic acids is 2. The number of hydrogen-bond donors (Lipinski definition) is 0. The Morgan fingerprint density at radius 2 is 1.36 bits per heavy atom. The molecule has 0 unspecified atom stereocenters. The Morgan fingerprint density at radius 3 is 2.00 bits per heavy atom. The lowest BCUT2D eigenvalue weighted by Gasteiger charge is -2.07. The number of ether oxygens (including phenoxy) is 2. The molecule has 0 saturated heterocycles. The van der Waals surface area contributed by atoms with E-state index in [0.717, 1.165) is 56.9 Å². The first-order chi connectivity index (χ1) is 13.5. The van der Waals surface area contributed by atoms with E-state index in [2.05, 4.69) is 6.92 Å². The van der Waals surface area contributed by atoms with Crippen LogP contribution >= 0.6 is 0 Å². The van der Waals surface area contributed by atoms with Crippen LogP contribution in [0.4, 0.5) is 0 Å². The van der Waals surface area contributed by atoms with Gasteiger partial charge in [0.2, 0.25) is 0 Å². The number of rotatable bonds is 15. The van der Waals surface area contributed by atoms with Crippen LogP contribution in [-0.2, 0) is 14.3 Å². The van der Waals surface area contributed by atoms with E-state index in [0.29, 0.717) is 25.2 Å². The first kappa shape index (κ1) is 24.2. The Bertz CT molecular complexity index is 580. The first-order valence-corrected chi connectivity index (χ1v) is 11.0. The molecule has 0 saturated carbocycles. The molecule has 0 bridgehead atoms. The molecule has 0 aliphatic rings. The molecule has 0 atom stereocenters. The maximum Gasteiger partial charge on any atom is 0.311 e. The van der Waals surface area contributed by atoms with E-state index < -0.39 is 0 Å². The fourth-order valence-corrected chi connectivity index (χ4v) is 2.99. The average molecular weight is 391 g/mol. The summed E-state index contributed by atoms with van der Waals surface area (Å²) in [4.78, 5) is 23.5. The largest absolute Gasteiger partial charge is 0.466 e. The molecule has 0 spiro atoms. The Morgan fingerprint density at radius 1 is 0.750 bits per heavy atom. The van der Waals surface area contributed by atoms with Crippen molar-refractivity contribution in [2.24, 2.45) is 0 Å². The van der Waals surface area contributed by atoms with Crippen LogP contribution in [-0.4, -0.2) is 18.5 Å². The van der Waals surface area contributed by atoms with E-state index in [-0.39, 0.29) is 11.9 Å². The highest BCUT2D eigenvalue weighted by Crippen LogP contribution is 2.17. The minimum absolute atomic E-state index is 0.0643. The number of benzene rings is 1. The fraction of sp³-hybridized carbons (Fsp3) is 0.667. The van der Waals surface area contributed by atoms with Crippen LogP contribution in [0, 0.1) is 13.8 Å². The molecule has 0 aromatic heterocycles. The summed E-state index contributed by atoms with van der Waals surface area (Å²) in [6, 6.07) is 5.72. The van der Waals surface area contributed by atoms with Crippen LogP contribution in [0.5, 0.6) is 5.75 Å². The minimum atomic E-state index is -0.162. The van der Waals surface area contributed by atoms with Crippen molar-refractivity contribution in [1.82, 2.24) is 0 Å². The molecule has 158 valence electrons. The molecule has 1 rings (SSSR count). The van der Waals surface area contributed by atoms with Crippen LogP contribution in [0.25, 0.3) is 0 Å². The third-order valence-corrected chi connectivity index (χ3v) is 4.98. The van der Waals surface area contributed by atoms with Gasteiger partial charge in [0.05, 0.1) is 6.61 Å². The standard InChI is InChI=1S/C24H38O4/c1-4-5-6-13-18-27-23(25)14-11-9-7-8-10-12-15-24(26)28-22-17-16-20(2)21(3)19-22/h16-17,19H,4-15,18H2,1-3H3. The number of carbonyl (C=O) groups is 2. The van der Waals surface area contributed by atoms with Crippen LogP contribution in [0.15, 0.2) is 18.2 Å². The summed E-state index contributed by atoms with van der Waals surface area (Å²) in [6.45, 7) is 6.79. The normalized spacial score (nSPS) is 10.7. The molecule has 0 fully saturated rings. The average Bonchev–Trinajstić information content (AvgIpc) is 2.66. The number of aryl methyl sites for hydroxylation is 2. The zero-order valence-corrected chi connectivity index (χ0v) is 18.1. The number of unbranched alkanes of at least 4 members (excludes halogenated alkanes) is 8. The molecule has 0 amide bonds. The fourth-order valence-electron chi connectivity index (χ4n) is 2.99. The lowest BCUT2D eigenvalue weighted by Crippen LogP contribution is -2.07. The maximum absolute atomic E-state index is 11.9. The zero-order valence-electron chi connectivity index (χ0n) is 18.1. The van der Waals surface area contributed by atoms with Gasteiger partial charge in [-0.3, -0.25) is 9.59 Å². The van der Waals surface area contributed by atoms with Crippen molar-refractivity contribution in [2.45, 2.75) is 97.8 Å². The second-order valence-electron chi connectivity index (χ2n) is 7.62. The van der Waals surface area contributed by atoms with Crippen molar-refractivity contribution in [2.75, 3.05) is 6.61 Å². The van der Waals surface area contributed by atoms with Gasteiger partial charge in [0.1, 0.15) is 5.75 Å². The van der Waals surface area contributed by atoms with E-state index in [9.17, 15) is 9.59 Å². The highest BCUT2D eigenvalue weighted by Gasteiger charge is 2.06. The van der Waals surface area contributed by atoms with Gasteiger partial charge < -0.3 is 9.47 Å². The molecule has 0 aliphatic heterocycles. The van der Waals surface area contributed by atoms with Gasteiger partial charge in [0.25, 0.3) is 0 Å². The summed E-state index contributed by atoms with van der Waals surface area (Å²) in [5.41, 5.74) is 2.32. The molecule has 0 N–H and O–H groups in total. The van der Waals surface area contributed by atoms with E-state index in [4.69, 9.17) is 9.47 Å². The number of hydrogen-bond acceptors (Lipinski definition) is 4. The van der Waals surface area contributed by atoms with Crippen LogP contribution in [0.1, 0.15) is 95.1 Å². The second kappa shape index (κ2) is 15.1. The highest BCUT2D eigenvalue weighted by molar-refractivity contribution is 5.72. The summed E-state index contributed by atoms with van der Waals surface area (Å²) < 4.78 is 10.6. The second-order valence-corrected chi connectivity index (χ2v) is 7.62. The van der Waals surface area contributed by atoms with E-state index in [1.165, 1.54) is 18.4 Å². The Labute approximate surface area is 171 Å². The molecule has 1 aromatic carbocycles. The van der Waals surface area contributed by atoms with Crippen molar-refractivity contribution in [3.8, 4) is 5.75 Å². The van der Waals surface area contributed by atoms with Crippen molar-refractivity contribution in [3.05, 3.63) is 29.3 Å². The van der Waals surface area contributed by atoms with Crippen molar-refractivity contribution in [3.63, 3.8) is 0 Å². The summed E-state index contributed by atoms with van der Waals surface area (Å²) in [5, 5.41) is 0. The summed E-state index contributed by atoms with van der Waals surface area (Å²) in [7, 11) is 0. The van der Waals surface area contributed by atoms with Gasteiger partial charge in [0, 0.05) is 12.8 Å². The van der Waals surface area contributed by atoms with Gasteiger partial charge >= 0.3 is 11.9 Å². The monoisotopic (exact) mass is 390 g/mol. The molecule has 0 radical (unpaired) electrons. The molecule has 4 nitrogen and oxygen atoms in total. The Balaban J connectivity index is 1.95.